The van der Waals surface area contributed by atoms with E-state index >= 15 is 0 Å². The summed E-state index contributed by atoms with van der Waals surface area (Å²) in [5.74, 6) is 1.04. The Balaban J connectivity index is 2.10. The number of halogens is 1. The average Bonchev–Trinajstić information content (AvgIpc) is 2.57. The molecule has 0 saturated heterocycles. The number of hydrogen-bond acceptors (Lipinski definition) is 4. The van der Waals surface area contributed by atoms with Crippen molar-refractivity contribution in [3.05, 3.63) is 45.5 Å². The van der Waals surface area contributed by atoms with Gasteiger partial charge in [-0.25, -0.2) is 0 Å². The number of nitrogens with zero attached hydrogens (tertiary/aromatic N) is 2. The van der Waals surface area contributed by atoms with Crippen LogP contribution in [0.3, 0.4) is 0 Å². The first-order chi connectivity index (χ1) is 12.3. The molecule has 0 aliphatic rings. The van der Waals surface area contributed by atoms with Gasteiger partial charge in [-0.2, -0.15) is 0 Å². The maximum atomic E-state index is 12.8. The Morgan fingerprint density at radius 1 is 1.31 bits per heavy atom. The molecule has 0 spiro atoms. The Labute approximate surface area is 157 Å². The van der Waals surface area contributed by atoms with Gasteiger partial charge in [0, 0.05) is 30.7 Å². The zero-order valence-corrected chi connectivity index (χ0v) is 16.3. The summed E-state index contributed by atoms with van der Waals surface area (Å²) in [5, 5.41) is 2.87. The number of nitrogens with two attached hydrogens (primary N) is 1. The molecule has 3 rings (SSSR count). The second kappa shape index (κ2) is 7.25. The van der Waals surface area contributed by atoms with Crippen LogP contribution in [0.25, 0.3) is 21.7 Å². The largest absolute Gasteiger partial charge is 0.490 e. The molecule has 3 aromatic rings. The van der Waals surface area contributed by atoms with E-state index in [0.29, 0.717) is 34.4 Å². The molecular weight excluding hydrogens is 350 g/mol. The van der Waals surface area contributed by atoms with Gasteiger partial charge in [0.05, 0.1) is 21.6 Å². The van der Waals surface area contributed by atoms with Crippen LogP contribution in [0.4, 0.5) is 0 Å². The smallest absolute Gasteiger partial charge is 0.260 e. The molecule has 0 aliphatic carbocycles. The second-order valence-electron chi connectivity index (χ2n) is 7.18. The predicted octanol–water partition coefficient (Wildman–Crippen LogP) is 3.80. The highest BCUT2D eigenvalue weighted by molar-refractivity contribution is 6.33. The fourth-order valence-corrected chi connectivity index (χ4v) is 3.57. The summed E-state index contributed by atoms with van der Waals surface area (Å²) in [6.07, 6.45) is 2.58. The summed E-state index contributed by atoms with van der Waals surface area (Å²) in [7, 11) is 1.75. The van der Waals surface area contributed by atoms with Crippen LogP contribution < -0.4 is 16.0 Å². The minimum Gasteiger partial charge on any atom is -0.490 e. The Morgan fingerprint density at radius 3 is 2.73 bits per heavy atom. The number of aromatic nitrogens is 2. The van der Waals surface area contributed by atoms with Crippen molar-refractivity contribution in [1.82, 2.24) is 9.55 Å². The number of pyridine rings is 2. The van der Waals surface area contributed by atoms with E-state index < -0.39 is 0 Å². The topological polar surface area (TPSA) is 70.1 Å². The minimum absolute atomic E-state index is 0.0593. The van der Waals surface area contributed by atoms with E-state index in [1.54, 1.807) is 17.8 Å². The molecule has 6 heteroatoms. The van der Waals surface area contributed by atoms with E-state index in [1.807, 2.05) is 25.1 Å². The molecule has 0 radical (unpaired) electrons. The van der Waals surface area contributed by atoms with Gasteiger partial charge in [0.2, 0.25) is 0 Å². The van der Waals surface area contributed by atoms with Crippen molar-refractivity contribution in [1.29, 1.82) is 0 Å². The summed E-state index contributed by atoms with van der Waals surface area (Å²) < 4.78 is 7.47. The summed E-state index contributed by atoms with van der Waals surface area (Å²) >= 11 is 6.46. The second-order valence-corrected chi connectivity index (χ2v) is 7.59. The maximum absolute atomic E-state index is 12.8. The quantitative estimate of drug-likeness (QED) is 0.690. The zero-order valence-electron chi connectivity index (χ0n) is 15.5. The lowest BCUT2D eigenvalue weighted by molar-refractivity contribution is 0.271. The van der Waals surface area contributed by atoms with Crippen LogP contribution in [0.2, 0.25) is 5.02 Å². The first-order valence-electron chi connectivity index (χ1n) is 8.75. The lowest BCUT2D eigenvalue weighted by Crippen LogP contribution is -2.29. The molecule has 1 atom stereocenters. The minimum atomic E-state index is -0.0807. The number of aryl methyl sites for hydroxylation is 2. The molecule has 0 fully saturated rings. The Hall–Kier alpha value is -2.11. The standard InChI is InChI=1S/C20H24ClN3O2/c1-11(2)7-13(22)10-26-18-9-17-15(8-16(18)21)14-5-6-23-12(3)19(14)20(25)24(17)4/h5-6,8-9,11,13H,7,10,22H2,1-4H3/t13-/m1/s1. The SMILES string of the molecule is Cc1nccc2c1c(=O)n(C)c1cc(OC[C@H](N)CC(C)C)c(Cl)cc21. The number of fused-ring (bicyclic) bond motifs is 3. The van der Waals surface area contributed by atoms with Gasteiger partial charge in [0.1, 0.15) is 12.4 Å². The molecule has 1 aromatic carbocycles. The van der Waals surface area contributed by atoms with Crippen LogP contribution in [0, 0.1) is 12.8 Å². The molecule has 0 aliphatic heterocycles. The molecule has 26 heavy (non-hydrogen) atoms. The average molecular weight is 374 g/mol. The van der Waals surface area contributed by atoms with Crippen LogP contribution >= 0.6 is 11.6 Å². The van der Waals surface area contributed by atoms with Gasteiger partial charge in [-0.05, 0) is 36.8 Å². The third-order valence-corrected chi connectivity index (χ3v) is 4.88. The third kappa shape index (κ3) is 3.41. The lowest BCUT2D eigenvalue weighted by atomic mass is 10.0. The molecule has 138 valence electrons. The third-order valence-electron chi connectivity index (χ3n) is 4.59. The highest BCUT2D eigenvalue weighted by Gasteiger charge is 2.15. The number of rotatable bonds is 5. The van der Waals surface area contributed by atoms with Crippen molar-refractivity contribution in [2.75, 3.05) is 6.61 Å². The molecular formula is C20H24ClN3O2. The molecule has 2 aromatic heterocycles. The van der Waals surface area contributed by atoms with Gasteiger partial charge in [0.15, 0.2) is 0 Å². The molecule has 0 unspecified atom stereocenters. The molecule has 0 saturated carbocycles. The summed E-state index contributed by atoms with van der Waals surface area (Å²) in [6.45, 7) is 6.47. The van der Waals surface area contributed by atoms with E-state index in [9.17, 15) is 4.79 Å². The first kappa shape index (κ1) is 18.7. The first-order valence-corrected chi connectivity index (χ1v) is 9.13. The van der Waals surface area contributed by atoms with E-state index in [0.717, 1.165) is 22.7 Å². The van der Waals surface area contributed by atoms with Gasteiger partial charge in [-0.1, -0.05) is 25.4 Å². The van der Waals surface area contributed by atoms with Gasteiger partial charge in [-0.3, -0.25) is 9.78 Å². The Bertz CT molecular complexity index is 1030. The van der Waals surface area contributed by atoms with E-state index in [2.05, 4.69) is 18.8 Å². The Morgan fingerprint density at radius 2 is 2.04 bits per heavy atom. The van der Waals surface area contributed by atoms with Crippen molar-refractivity contribution in [3.63, 3.8) is 0 Å². The number of benzene rings is 1. The highest BCUT2D eigenvalue weighted by atomic mass is 35.5. The van der Waals surface area contributed by atoms with Gasteiger partial charge in [0.25, 0.3) is 5.56 Å². The maximum Gasteiger partial charge on any atom is 0.260 e. The van der Waals surface area contributed by atoms with Gasteiger partial charge < -0.3 is 15.0 Å². The van der Waals surface area contributed by atoms with Gasteiger partial charge in [-0.15, -0.1) is 0 Å². The fourth-order valence-electron chi connectivity index (χ4n) is 3.35. The van der Waals surface area contributed by atoms with E-state index in [1.165, 1.54) is 0 Å². The van der Waals surface area contributed by atoms with Crippen LogP contribution in [-0.2, 0) is 7.05 Å². The monoisotopic (exact) mass is 373 g/mol. The Kier molecular flexibility index (Phi) is 5.21. The van der Waals surface area contributed by atoms with Crippen molar-refractivity contribution < 1.29 is 4.74 Å². The number of ether oxygens (including phenoxy) is 1. The van der Waals surface area contributed by atoms with Gasteiger partial charge >= 0.3 is 0 Å². The lowest BCUT2D eigenvalue weighted by Gasteiger charge is -2.17. The molecule has 5 nitrogen and oxygen atoms in total. The highest BCUT2D eigenvalue weighted by Crippen LogP contribution is 2.33. The van der Waals surface area contributed by atoms with Crippen LogP contribution in [0.1, 0.15) is 26.0 Å². The zero-order chi connectivity index (χ0) is 19.0. The normalized spacial score (nSPS) is 12.9. The number of hydrogen-bond donors (Lipinski definition) is 1. The van der Waals surface area contributed by atoms with Crippen LogP contribution in [0.15, 0.2) is 29.2 Å². The van der Waals surface area contributed by atoms with Crippen molar-refractivity contribution in [3.8, 4) is 5.75 Å². The van der Waals surface area contributed by atoms with Crippen molar-refractivity contribution >= 4 is 33.3 Å². The van der Waals surface area contributed by atoms with Crippen LogP contribution in [0.5, 0.6) is 5.75 Å². The molecule has 2 N–H and O–H groups in total. The van der Waals surface area contributed by atoms with Crippen LogP contribution in [-0.4, -0.2) is 22.2 Å². The molecule has 0 bridgehead atoms. The predicted molar refractivity (Wildman–Crippen MR) is 107 cm³/mol. The fraction of sp³-hybridized carbons (Fsp3) is 0.400. The van der Waals surface area contributed by atoms with E-state index in [4.69, 9.17) is 22.1 Å². The van der Waals surface area contributed by atoms with E-state index in [-0.39, 0.29) is 11.6 Å². The summed E-state index contributed by atoms with van der Waals surface area (Å²) in [5.41, 5.74) is 7.50. The van der Waals surface area contributed by atoms with Crippen molar-refractivity contribution in [2.45, 2.75) is 33.2 Å². The molecule has 2 heterocycles. The summed E-state index contributed by atoms with van der Waals surface area (Å²) in [4.78, 5) is 17.0. The summed E-state index contributed by atoms with van der Waals surface area (Å²) in [6, 6.07) is 5.45. The van der Waals surface area contributed by atoms with Crippen molar-refractivity contribution in [2.24, 2.45) is 18.7 Å². The molecule has 0 amide bonds.